The summed E-state index contributed by atoms with van der Waals surface area (Å²) in [6, 6.07) is 7.93. The average Bonchev–Trinajstić information content (AvgIpc) is 3.49. The van der Waals surface area contributed by atoms with Crippen LogP contribution in [0.1, 0.15) is 47.3 Å². The van der Waals surface area contributed by atoms with Crippen molar-refractivity contribution in [3.05, 3.63) is 69.4 Å². The van der Waals surface area contributed by atoms with Gasteiger partial charge in [-0.1, -0.05) is 12.1 Å². The molecular formula is C21H19FN2O4. The first-order chi connectivity index (χ1) is 13.5. The third-order valence-corrected chi connectivity index (χ3v) is 4.79. The number of hydrogen-bond donors (Lipinski definition) is 1. The van der Waals surface area contributed by atoms with Gasteiger partial charge >= 0.3 is 5.97 Å². The lowest BCUT2D eigenvalue weighted by atomic mass is 10.1. The minimum atomic E-state index is -0.849. The maximum absolute atomic E-state index is 13.1. The number of pyridine rings is 2. The van der Waals surface area contributed by atoms with E-state index in [0.29, 0.717) is 11.9 Å². The SMILES string of the molecule is CCOC(=O)c1c(O)c2ncc(Cc3ccc(F)cc3)cc2n(C2CC2)c1=O. The summed E-state index contributed by atoms with van der Waals surface area (Å²) < 4.78 is 19.6. The molecule has 28 heavy (non-hydrogen) atoms. The van der Waals surface area contributed by atoms with Gasteiger partial charge in [0.1, 0.15) is 11.3 Å². The Morgan fingerprint density at radius 3 is 2.64 bits per heavy atom. The van der Waals surface area contributed by atoms with Gasteiger partial charge in [-0.2, -0.15) is 0 Å². The lowest BCUT2D eigenvalue weighted by Gasteiger charge is -2.14. The van der Waals surface area contributed by atoms with E-state index in [0.717, 1.165) is 24.0 Å². The zero-order valence-electron chi connectivity index (χ0n) is 15.3. The van der Waals surface area contributed by atoms with Crippen molar-refractivity contribution >= 4 is 17.0 Å². The van der Waals surface area contributed by atoms with Crippen LogP contribution in [0.25, 0.3) is 11.0 Å². The van der Waals surface area contributed by atoms with Gasteiger partial charge in [0.2, 0.25) is 0 Å². The Bertz CT molecular complexity index is 1120. The molecule has 2 aromatic heterocycles. The van der Waals surface area contributed by atoms with Crippen LogP contribution in [0.15, 0.2) is 41.3 Å². The Kier molecular flexibility index (Phi) is 4.58. The molecule has 0 amide bonds. The van der Waals surface area contributed by atoms with Crippen molar-refractivity contribution in [1.82, 2.24) is 9.55 Å². The molecule has 1 N–H and O–H groups in total. The fraction of sp³-hybridized carbons (Fsp3) is 0.286. The summed E-state index contributed by atoms with van der Waals surface area (Å²) in [6.45, 7) is 1.73. The number of aromatic hydroxyl groups is 1. The van der Waals surface area contributed by atoms with E-state index < -0.39 is 17.3 Å². The molecule has 1 aliphatic carbocycles. The molecule has 6 nitrogen and oxygen atoms in total. The molecule has 1 fully saturated rings. The molecule has 0 aliphatic heterocycles. The van der Waals surface area contributed by atoms with Gasteiger partial charge in [-0.3, -0.25) is 9.78 Å². The first-order valence-corrected chi connectivity index (χ1v) is 9.17. The zero-order chi connectivity index (χ0) is 19.8. The smallest absolute Gasteiger partial charge is 0.347 e. The number of ether oxygens (including phenoxy) is 1. The van der Waals surface area contributed by atoms with Crippen LogP contribution in [0.5, 0.6) is 5.75 Å². The molecule has 0 spiro atoms. The fourth-order valence-corrected chi connectivity index (χ4v) is 3.33. The maximum atomic E-state index is 13.1. The van der Waals surface area contributed by atoms with Crippen molar-refractivity contribution in [1.29, 1.82) is 0 Å². The van der Waals surface area contributed by atoms with E-state index in [1.54, 1.807) is 31.3 Å². The lowest BCUT2D eigenvalue weighted by Crippen LogP contribution is -2.27. The number of hydrogen-bond acceptors (Lipinski definition) is 5. The molecular weight excluding hydrogens is 363 g/mol. The molecule has 3 aromatic rings. The molecule has 0 radical (unpaired) electrons. The van der Waals surface area contributed by atoms with E-state index in [2.05, 4.69) is 4.98 Å². The van der Waals surface area contributed by atoms with Gasteiger partial charge in [-0.15, -0.1) is 0 Å². The second kappa shape index (κ2) is 7.07. The van der Waals surface area contributed by atoms with Gasteiger partial charge in [0, 0.05) is 12.2 Å². The van der Waals surface area contributed by atoms with Crippen molar-refractivity contribution in [2.75, 3.05) is 6.61 Å². The van der Waals surface area contributed by atoms with Crippen LogP contribution in [-0.4, -0.2) is 27.2 Å². The van der Waals surface area contributed by atoms with Crippen LogP contribution in [0.2, 0.25) is 0 Å². The van der Waals surface area contributed by atoms with Crippen molar-refractivity contribution in [2.45, 2.75) is 32.2 Å². The molecule has 1 aliphatic rings. The van der Waals surface area contributed by atoms with Gasteiger partial charge in [0.15, 0.2) is 11.3 Å². The van der Waals surface area contributed by atoms with E-state index in [1.165, 1.54) is 16.7 Å². The second-order valence-corrected chi connectivity index (χ2v) is 6.86. The topological polar surface area (TPSA) is 81.4 Å². The maximum Gasteiger partial charge on any atom is 0.347 e. The minimum Gasteiger partial charge on any atom is -0.505 e. The number of carbonyl (C=O) groups is 1. The highest BCUT2D eigenvalue weighted by Gasteiger charge is 2.32. The third-order valence-electron chi connectivity index (χ3n) is 4.79. The molecule has 0 bridgehead atoms. The highest BCUT2D eigenvalue weighted by Crippen LogP contribution is 2.38. The third kappa shape index (κ3) is 3.24. The van der Waals surface area contributed by atoms with Gasteiger partial charge in [0.25, 0.3) is 5.56 Å². The number of halogens is 1. The molecule has 2 heterocycles. The molecule has 144 valence electrons. The van der Waals surface area contributed by atoms with Crippen molar-refractivity contribution in [3.8, 4) is 5.75 Å². The fourth-order valence-electron chi connectivity index (χ4n) is 3.33. The Balaban J connectivity index is 1.85. The predicted molar refractivity (Wildman–Crippen MR) is 101 cm³/mol. The van der Waals surface area contributed by atoms with Crippen molar-refractivity contribution in [2.24, 2.45) is 0 Å². The van der Waals surface area contributed by atoms with E-state index >= 15 is 0 Å². The number of rotatable bonds is 5. The van der Waals surface area contributed by atoms with E-state index in [4.69, 9.17) is 4.74 Å². The monoisotopic (exact) mass is 382 g/mol. The molecule has 7 heteroatoms. The first kappa shape index (κ1) is 18.2. The number of esters is 1. The van der Waals surface area contributed by atoms with Gasteiger partial charge in [-0.25, -0.2) is 9.18 Å². The molecule has 0 atom stereocenters. The van der Waals surface area contributed by atoms with E-state index in [9.17, 15) is 19.1 Å². The summed E-state index contributed by atoms with van der Waals surface area (Å²) >= 11 is 0. The molecule has 1 aromatic carbocycles. The summed E-state index contributed by atoms with van der Waals surface area (Å²) in [5.41, 5.74) is 1.45. The van der Waals surface area contributed by atoms with E-state index in [1.807, 2.05) is 0 Å². The number of carbonyl (C=O) groups excluding carboxylic acids is 1. The summed E-state index contributed by atoms with van der Waals surface area (Å²) in [6.07, 6.45) is 3.74. The molecule has 1 saturated carbocycles. The number of benzene rings is 1. The summed E-state index contributed by atoms with van der Waals surface area (Å²) in [5.74, 6) is -1.61. The lowest BCUT2D eigenvalue weighted by molar-refractivity contribution is 0.0520. The van der Waals surface area contributed by atoms with Crippen LogP contribution in [0.4, 0.5) is 4.39 Å². The quantitative estimate of drug-likeness (QED) is 0.685. The largest absolute Gasteiger partial charge is 0.505 e. The number of fused-ring (bicyclic) bond motifs is 1. The zero-order valence-corrected chi connectivity index (χ0v) is 15.3. The Hall–Kier alpha value is -3.22. The van der Waals surface area contributed by atoms with Crippen LogP contribution in [-0.2, 0) is 11.2 Å². The predicted octanol–water partition coefficient (Wildman–Crippen LogP) is 3.34. The average molecular weight is 382 g/mol. The standard InChI is InChI=1S/C21H19FN2O4/c1-2-28-21(27)17-19(25)18-16(24(20(17)26)15-7-8-15)10-13(11-23-18)9-12-3-5-14(22)6-4-12/h3-6,10-11,15,25H,2,7-9H2,1H3. The number of aromatic nitrogens is 2. The Morgan fingerprint density at radius 1 is 1.29 bits per heavy atom. The normalized spacial score (nSPS) is 13.6. The minimum absolute atomic E-state index is 0.0216. The Labute approximate surface area is 160 Å². The second-order valence-electron chi connectivity index (χ2n) is 6.86. The summed E-state index contributed by atoms with van der Waals surface area (Å²) in [7, 11) is 0. The molecule has 0 unspecified atom stereocenters. The van der Waals surface area contributed by atoms with Gasteiger partial charge < -0.3 is 14.4 Å². The van der Waals surface area contributed by atoms with Crippen molar-refractivity contribution < 1.29 is 19.0 Å². The Morgan fingerprint density at radius 2 is 2.00 bits per heavy atom. The summed E-state index contributed by atoms with van der Waals surface area (Å²) in [5, 5.41) is 10.5. The highest BCUT2D eigenvalue weighted by atomic mass is 19.1. The van der Waals surface area contributed by atoms with Crippen LogP contribution < -0.4 is 5.56 Å². The van der Waals surface area contributed by atoms with E-state index in [-0.39, 0.29) is 29.5 Å². The van der Waals surface area contributed by atoms with Gasteiger partial charge in [0.05, 0.1) is 12.1 Å². The number of nitrogens with zero attached hydrogens (tertiary/aromatic N) is 2. The summed E-state index contributed by atoms with van der Waals surface area (Å²) in [4.78, 5) is 29.5. The van der Waals surface area contributed by atoms with Crippen molar-refractivity contribution in [3.63, 3.8) is 0 Å². The van der Waals surface area contributed by atoms with Crippen LogP contribution >= 0.6 is 0 Å². The van der Waals surface area contributed by atoms with Crippen LogP contribution in [0.3, 0.4) is 0 Å². The molecule has 4 rings (SSSR count). The first-order valence-electron chi connectivity index (χ1n) is 9.17. The van der Waals surface area contributed by atoms with Gasteiger partial charge in [-0.05, 0) is 55.5 Å². The van der Waals surface area contributed by atoms with Crippen LogP contribution in [0, 0.1) is 5.82 Å². The highest BCUT2D eigenvalue weighted by molar-refractivity contribution is 5.98. The molecule has 0 saturated heterocycles.